The molecule has 4 nitrogen and oxygen atoms in total. The van der Waals surface area contributed by atoms with Gasteiger partial charge < -0.3 is 14.1 Å². The quantitative estimate of drug-likeness (QED) is 0.794. The van der Waals surface area contributed by atoms with Crippen LogP contribution in [0.5, 0.6) is 0 Å². The van der Waals surface area contributed by atoms with E-state index in [4.69, 9.17) is 8.85 Å². The Kier molecular flexibility index (Phi) is 4.54. The second kappa shape index (κ2) is 8.17. The van der Waals surface area contributed by atoms with Gasteiger partial charge in [-0.3, -0.25) is 0 Å². The molecule has 1 atom stereocenters. The molecular weight excluding hydrogens is 312 g/mol. The number of hydrogen-bond acceptors (Lipinski definition) is 2. The second-order valence-electron chi connectivity index (χ2n) is 6.62. The topological polar surface area (TPSA) is 29.5 Å². The van der Waals surface area contributed by atoms with E-state index in [1.807, 2.05) is 60.7 Å². The number of amides is 1. The number of quaternary nitrogens is 1. The minimum Gasteiger partial charge on any atom is -0.445 e. The van der Waals surface area contributed by atoms with E-state index in [1.165, 1.54) is 0 Å². The molecule has 1 amide bonds. The Bertz CT molecular complexity index is 768. The summed E-state index contributed by atoms with van der Waals surface area (Å²) in [6, 6.07) is 19.2. The maximum Gasteiger partial charge on any atom is 0.410 e. The Morgan fingerprint density at radius 1 is 1.04 bits per heavy atom. The molecule has 2 aromatic carbocycles. The van der Waals surface area contributed by atoms with Crippen molar-refractivity contribution in [1.82, 2.24) is 4.90 Å². The van der Waals surface area contributed by atoms with Crippen molar-refractivity contribution >= 4 is 6.09 Å². The summed E-state index contributed by atoms with van der Waals surface area (Å²) in [4.78, 5) is 14.1. The van der Waals surface area contributed by atoms with Gasteiger partial charge in [0.05, 0.1) is 30.7 Å². The Labute approximate surface area is 154 Å². The van der Waals surface area contributed by atoms with Gasteiger partial charge in [0, 0.05) is 18.5 Å². The highest BCUT2D eigenvalue weighted by molar-refractivity contribution is 5.67. The van der Waals surface area contributed by atoms with Crippen LogP contribution >= 0.6 is 0 Å². The van der Waals surface area contributed by atoms with E-state index < -0.39 is 6.98 Å². The molecule has 1 saturated heterocycles. The zero-order chi connectivity index (χ0) is 20.0. The number of benzene rings is 2. The molecule has 132 valence electrons. The molecule has 1 aliphatic heterocycles. The van der Waals surface area contributed by atoms with E-state index in [-0.39, 0.29) is 17.2 Å². The van der Waals surface area contributed by atoms with Gasteiger partial charge in [0.1, 0.15) is 13.2 Å². The van der Waals surface area contributed by atoms with E-state index in [9.17, 15) is 4.79 Å². The SMILES string of the molecule is [2H]C([2H])([2H])[N+]1(Cc2ccccc2)CCCN(C(=O)OCc2ccccc2)CC1. The largest absolute Gasteiger partial charge is 0.445 e. The highest BCUT2D eigenvalue weighted by Crippen LogP contribution is 2.17. The van der Waals surface area contributed by atoms with Crippen LogP contribution in [0.15, 0.2) is 60.7 Å². The molecule has 4 heteroatoms. The van der Waals surface area contributed by atoms with Crippen LogP contribution in [0.4, 0.5) is 4.79 Å². The third-order valence-corrected chi connectivity index (χ3v) is 4.60. The maximum absolute atomic E-state index is 12.5. The molecule has 1 aliphatic rings. The molecule has 0 radical (unpaired) electrons. The summed E-state index contributed by atoms with van der Waals surface area (Å²) in [7, 11) is 0. The smallest absolute Gasteiger partial charge is 0.410 e. The van der Waals surface area contributed by atoms with Gasteiger partial charge in [-0.25, -0.2) is 4.79 Å². The normalized spacial score (nSPS) is 23.0. The zero-order valence-corrected chi connectivity index (χ0v) is 14.4. The van der Waals surface area contributed by atoms with Gasteiger partial charge in [-0.1, -0.05) is 60.7 Å². The minimum absolute atomic E-state index is 0.0144. The summed E-state index contributed by atoms with van der Waals surface area (Å²) in [6.07, 6.45) is 0.250. The fourth-order valence-electron chi connectivity index (χ4n) is 3.18. The van der Waals surface area contributed by atoms with Gasteiger partial charge in [0.25, 0.3) is 0 Å². The number of carbonyl (C=O) groups is 1. The predicted octanol–water partition coefficient (Wildman–Crippen LogP) is 3.68. The lowest BCUT2D eigenvalue weighted by molar-refractivity contribution is -0.920. The van der Waals surface area contributed by atoms with Crippen LogP contribution in [0, 0.1) is 0 Å². The second-order valence-corrected chi connectivity index (χ2v) is 6.62. The van der Waals surface area contributed by atoms with Crippen molar-refractivity contribution in [2.24, 2.45) is 0 Å². The van der Waals surface area contributed by atoms with Crippen LogP contribution in [-0.4, -0.2) is 48.6 Å². The number of nitrogens with zero attached hydrogens (tertiary/aromatic N) is 2. The molecule has 25 heavy (non-hydrogen) atoms. The van der Waals surface area contributed by atoms with Crippen molar-refractivity contribution in [1.29, 1.82) is 0 Å². The fourth-order valence-corrected chi connectivity index (χ4v) is 3.18. The molecule has 1 heterocycles. The Balaban J connectivity index is 1.66. The van der Waals surface area contributed by atoms with E-state index in [2.05, 4.69) is 0 Å². The van der Waals surface area contributed by atoms with Crippen LogP contribution in [0.2, 0.25) is 0 Å². The maximum atomic E-state index is 12.5. The molecule has 1 unspecified atom stereocenters. The zero-order valence-electron chi connectivity index (χ0n) is 17.4. The molecule has 0 aromatic heterocycles. The van der Waals surface area contributed by atoms with Crippen molar-refractivity contribution in [3.8, 4) is 0 Å². The summed E-state index contributed by atoms with van der Waals surface area (Å²) in [5, 5.41) is 0. The van der Waals surface area contributed by atoms with Gasteiger partial charge in [0.15, 0.2) is 0 Å². The summed E-state index contributed by atoms with van der Waals surface area (Å²) in [5.74, 6) is 0. The third-order valence-electron chi connectivity index (χ3n) is 4.60. The van der Waals surface area contributed by atoms with E-state index >= 15 is 0 Å². The lowest BCUT2D eigenvalue weighted by Crippen LogP contribution is -2.46. The van der Waals surface area contributed by atoms with Gasteiger partial charge in [-0.05, 0) is 5.56 Å². The highest BCUT2D eigenvalue weighted by Gasteiger charge is 2.29. The van der Waals surface area contributed by atoms with Crippen molar-refractivity contribution in [2.45, 2.75) is 19.6 Å². The number of hydrogen-bond donors (Lipinski definition) is 0. The van der Waals surface area contributed by atoms with Crippen LogP contribution < -0.4 is 0 Å². The molecule has 1 fully saturated rings. The number of rotatable bonds is 4. The average Bonchev–Trinajstić information content (AvgIpc) is 2.91. The van der Waals surface area contributed by atoms with Gasteiger partial charge in [-0.2, -0.15) is 0 Å². The Hall–Kier alpha value is -2.33. The van der Waals surface area contributed by atoms with Crippen LogP contribution in [0.25, 0.3) is 0 Å². The van der Waals surface area contributed by atoms with Gasteiger partial charge >= 0.3 is 6.09 Å². The molecule has 0 N–H and O–H groups in total. The fraction of sp³-hybridized carbons (Fsp3) is 0.381. The van der Waals surface area contributed by atoms with Gasteiger partial charge in [-0.15, -0.1) is 0 Å². The standard InChI is InChI=1S/C21H27N2O2/c1-23(17-19-9-4-2-5-10-19)15-8-13-22(14-16-23)21(24)25-18-20-11-6-3-7-12-20/h2-7,9-12H,8,13-18H2,1H3/q+1/i1D3. The summed E-state index contributed by atoms with van der Waals surface area (Å²) >= 11 is 0. The number of likely N-dealkylation sites (N-methyl/N-ethyl adjacent to an activating group) is 1. The van der Waals surface area contributed by atoms with Crippen molar-refractivity contribution in [3.05, 3.63) is 71.8 Å². The summed E-state index contributed by atoms with van der Waals surface area (Å²) in [6.45, 7) is 0.292. The molecule has 2 aromatic rings. The first kappa shape index (κ1) is 13.9. The molecule has 0 bridgehead atoms. The van der Waals surface area contributed by atoms with E-state index in [0.717, 1.165) is 11.1 Å². The first-order chi connectivity index (χ1) is 13.4. The summed E-state index contributed by atoms with van der Waals surface area (Å²) in [5.41, 5.74) is 1.93. The molecule has 0 spiro atoms. The number of carbonyl (C=O) groups excluding carboxylic acids is 1. The van der Waals surface area contributed by atoms with E-state index in [1.54, 1.807) is 4.90 Å². The van der Waals surface area contributed by atoms with Crippen molar-refractivity contribution in [3.63, 3.8) is 0 Å². The van der Waals surface area contributed by atoms with Crippen LogP contribution in [0.1, 0.15) is 21.7 Å². The minimum atomic E-state index is -2.14. The Morgan fingerprint density at radius 2 is 1.72 bits per heavy atom. The van der Waals surface area contributed by atoms with Gasteiger partial charge in [0.2, 0.25) is 0 Å². The predicted molar refractivity (Wildman–Crippen MR) is 98.9 cm³/mol. The number of ether oxygens (including phenoxy) is 1. The molecule has 3 rings (SSSR count). The lowest BCUT2D eigenvalue weighted by atomic mass is 10.2. The van der Waals surface area contributed by atoms with Crippen LogP contribution in [-0.2, 0) is 17.9 Å². The van der Waals surface area contributed by atoms with Crippen molar-refractivity contribution in [2.75, 3.05) is 33.2 Å². The first-order valence-electron chi connectivity index (χ1n) is 10.3. The third kappa shape index (κ3) is 5.07. The monoisotopic (exact) mass is 342 g/mol. The lowest BCUT2D eigenvalue weighted by Gasteiger charge is -2.33. The molecule has 0 saturated carbocycles. The van der Waals surface area contributed by atoms with E-state index in [0.29, 0.717) is 39.1 Å². The van der Waals surface area contributed by atoms with Crippen LogP contribution in [0.3, 0.4) is 0 Å². The molecular formula is C21H27N2O2+. The summed E-state index contributed by atoms with van der Waals surface area (Å²) < 4.78 is 29.9. The van der Waals surface area contributed by atoms with Crippen molar-refractivity contribution < 1.29 is 18.1 Å². The average molecular weight is 342 g/mol. The molecule has 0 aliphatic carbocycles. The highest BCUT2D eigenvalue weighted by atomic mass is 16.6. The Morgan fingerprint density at radius 3 is 2.40 bits per heavy atom. The first-order valence-corrected chi connectivity index (χ1v) is 8.75.